The number of hydrogen-bond acceptors (Lipinski definition) is 1. The molecule has 2 nitrogen and oxygen atoms in total. The average Bonchev–Trinajstić information content (AvgIpc) is 3.00. The minimum Gasteiger partial charge on any atom is -0.387 e. The van der Waals surface area contributed by atoms with Crippen molar-refractivity contribution in [2.24, 2.45) is 7.05 Å². The van der Waals surface area contributed by atoms with Crippen LogP contribution in [-0.2, 0) is 7.05 Å². The number of aliphatic hydroxyl groups excluding tert-OH is 1. The van der Waals surface area contributed by atoms with Crippen molar-refractivity contribution in [2.75, 3.05) is 0 Å². The Morgan fingerprint density at radius 1 is 0.720 bits per heavy atom. The highest BCUT2D eigenvalue weighted by atomic mass is 16.3. The smallest absolute Gasteiger partial charge is 0.0899 e. The van der Waals surface area contributed by atoms with Gasteiger partial charge in [-0.25, -0.2) is 0 Å². The molecule has 4 aromatic rings. The highest BCUT2D eigenvalue weighted by Gasteiger charge is 2.27. The number of rotatable bonds is 4. The van der Waals surface area contributed by atoms with Gasteiger partial charge in [0.05, 0.1) is 6.10 Å². The van der Waals surface area contributed by atoms with E-state index in [0.717, 1.165) is 16.7 Å². The molecule has 1 N–H and O–H groups in total. The predicted octanol–water partition coefficient (Wildman–Crippen LogP) is 5.04. The molecule has 3 aromatic carbocycles. The van der Waals surface area contributed by atoms with Crippen LogP contribution in [0.5, 0.6) is 0 Å². The quantitative estimate of drug-likeness (QED) is 0.558. The molecule has 124 valence electrons. The lowest BCUT2D eigenvalue weighted by Gasteiger charge is -2.24. The third-order valence-corrected chi connectivity index (χ3v) is 4.88. The maximum atomic E-state index is 11.2. The normalized spacial score (nSPS) is 13.7. The molecule has 0 aliphatic rings. The van der Waals surface area contributed by atoms with Crippen LogP contribution in [0.3, 0.4) is 0 Å². The Kier molecular flexibility index (Phi) is 4.12. The van der Waals surface area contributed by atoms with E-state index in [2.05, 4.69) is 54.2 Å². The van der Waals surface area contributed by atoms with Crippen molar-refractivity contribution < 1.29 is 5.11 Å². The van der Waals surface area contributed by atoms with Gasteiger partial charge in [0.1, 0.15) is 0 Å². The van der Waals surface area contributed by atoms with E-state index < -0.39 is 6.10 Å². The Morgan fingerprint density at radius 2 is 1.28 bits per heavy atom. The Balaban J connectivity index is 1.92. The van der Waals surface area contributed by atoms with Gasteiger partial charge in [-0.15, -0.1) is 0 Å². The highest BCUT2D eigenvalue weighted by molar-refractivity contribution is 5.85. The van der Waals surface area contributed by atoms with Gasteiger partial charge in [0.15, 0.2) is 0 Å². The van der Waals surface area contributed by atoms with Crippen LogP contribution in [0, 0.1) is 0 Å². The van der Waals surface area contributed by atoms with Gasteiger partial charge in [-0.05, 0) is 22.8 Å². The fourth-order valence-corrected chi connectivity index (χ4v) is 3.66. The number of para-hydroxylation sites is 1. The second-order valence-corrected chi connectivity index (χ2v) is 6.46. The molecule has 4 rings (SSSR count). The molecular formula is C23H21NO. The van der Waals surface area contributed by atoms with Crippen LogP contribution in [0.25, 0.3) is 10.9 Å². The van der Waals surface area contributed by atoms with Gasteiger partial charge in [-0.1, -0.05) is 78.9 Å². The third-order valence-electron chi connectivity index (χ3n) is 4.88. The summed E-state index contributed by atoms with van der Waals surface area (Å²) < 4.78 is 2.14. The zero-order chi connectivity index (χ0) is 17.2. The number of fused-ring (bicyclic) bond motifs is 1. The molecule has 0 fully saturated rings. The van der Waals surface area contributed by atoms with Gasteiger partial charge < -0.3 is 9.67 Å². The summed E-state index contributed by atoms with van der Waals surface area (Å²) in [5, 5.41) is 12.4. The van der Waals surface area contributed by atoms with Gasteiger partial charge in [0, 0.05) is 30.1 Å². The lowest BCUT2D eigenvalue weighted by molar-refractivity contribution is 0.159. The summed E-state index contributed by atoms with van der Waals surface area (Å²) in [4.78, 5) is 0. The molecule has 0 bridgehead atoms. The van der Waals surface area contributed by atoms with Crippen LogP contribution < -0.4 is 0 Å². The molecule has 0 radical (unpaired) electrons. The second kappa shape index (κ2) is 6.58. The molecule has 2 heteroatoms. The average molecular weight is 327 g/mol. The number of benzene rings is 3. The Labute approximate surface area is 148 Å². The van der Waals surface area contributed by atoms with Gasteiger partial charge in [-0.3, -0.25) is 0 Å². The number of aryl methyl sites for hydroxylation is 1. The van der Waals surface area contributed by atoms with Crippen LogP contribution in [0.4, 0.5) is 0 Å². The van der Waals surface area contributed by atoms with E-state index in [0.29, 0.717) is 0 Å². The molecule has 1 aromatic heterocycles. The van der Waals surface area contributed by atoms with E-state index in [4.69, 9.17) is 0 Å². The third kappa shape index (κ3) is 2.86. The summed E-state index contributed by atoms with van der Waals surface area (Å²) in [6, 6.07) is 28.6. The first-order valence-corrected chi connectivity index (χ1v) is 8.57. The highest BCUT2D eigenvalue weighted by Crippen LogP contribution is 2.40. The molecule has 1 heterocycles. The number of aliphatic hydroxyl groups is 1. The second-order valence-electron chi connectivity index (χ2n) is 6.46. The lowest BCUT2D eigenvalue weighted by Crippen LogP contribution is -2.12. The summed E-state index contributed by atoms with van der Waals surface area (Å²) in [6.45, 7) is 0. The van der Waals surface area contributed by atoms with Crippen molar-refractivity contribution in [3.8, 4) is 0 Å². The molecule has 0 spiro atoms. The van der Waals surface area contributed by atoms with Crippen molar-refractivity contribution in [3.05, 3.63) is 108 Å². The first kappa shape index (κ1) is 15.7. The van der Waals surface area contributed by atoms with Crippen molar-refractivity contribution in [3.63, 3.8) is 0 Å². The molecule has 0 saturated carbocycles. The molecule has 0 aliphatic heterocycles. The van der Waals surface area contributed by atoms with Gasteiger partial charge in [0.2, 0.25) is 0 Å². The number of nitrogens with zero attached hydrogens (tertiary/aromatic N) is 1. The fourth-order valence-electron chi connectivity index (χ4n) is 3.66. The predicted molar refractivity (Wildman–Crippen MR) is 103 cm³/mol. The number of hydrogen-bond donors (Lipinski definition) is 1. The van der Waals surface area contributed by atoms with Crippen LogP contribution in [-0.4, -0.2) is 9.67 Å². The maximum Gasteiger partial charge on any atom is 0.0899 e. The van der Waals surface area contributed by atoms with Crippen molar-refractivity contribution in [1.29, 1.82) is 0 Å². The van der Waals surface area contributed by atoms with E-state index >= 15 is 0 Å². The van der Waals surface area contributed by atoms with Crippen molar-refractivity contribution in [1.82, 2.24) is 4.57 Å². The summed E-state index contributed by atoms with van der Waals surface area (Å²) >= 11 is 0. The van der Waals surface area contributed by atoms with E-state index in [9.17, 15) is 5.11 Å². The standard InChI is InChI=1S/C23H21NO/c1-24-16-20(19-14-8-9-15-21(19)24)22(17-10-4-2-5-11-17)23(25)18-12-6-3-7-13-18/h2-16,22-23,25H,1H3/t22-,23+/m1/s1. The van der Waals surface area contributed by atoms with Crippen LogP contribution >= 0.6 is 0 Å². The zero-order valence-corrected chi connectivity index (χ0v) is 14.2. The maximum absolute atomic E-state index is 11.2. The molecule has 0 unspecified atom stereocenters. The Bertz CT molecular complexity index is 973. The topological polar surface area (TPSA) is 25.2 Å². The summed E-state index contributed by atoms with van der Waals surface area (Å²) in [5.74, 6) is -0.116. The van der Waals surface area contributed by atoms with Gasteiger partial charge in [-0.2, -0.15) is 0 Å². The van der Waals surface area contributed by atoms with E-state index in [1.807, 2.05) is 48.5 Å². The van der Waals surface area contributed by atoms with E-state index in [1.165, 1.54) is 10.9 Å². The Hall–Kier alpha value is -2.84. The molecule has 0 saturated heterocycles. The van der Waals surface area contributed by atoms with Crippen molar-refractivity contribution in [2.45, 2.75) is 12.0 Å². The van der Waals surface area contributed by atoms with Gasteiger partial charge >= 0.3 is 0 Å². The summed E-state index contributed by atoms with van der Waals surface area (Å²) in [6.07, 6.45) is 1.54. The molecule has 0 amide bonds. The van der Waals surface area contributed by atoms with Crippen LogP contribution in [0.2, 0.25) is 0 Å². The first-order chi connectivity index (χ1) is 12.3. The molecule has 2 atom stereocenters. The zero-order valence-electron chi connectivity index (χ0n) is 14.2. The molecule has 0 aliphatic carbocycles. The summed E-state index contributed by atoms with van der Waals surface area (Å²) in [5.41, 5.74) is 4.39. The van der Waals surface area contributed by atoms with Crippen molar-refractivity contribution >= 4 is 10.9 Å². The molecule has 25 heavy (non-hydrogen) atoms. The Morgan fingerprint density at radius 3 is 1.96 bits per heavy atom. The minimum absolute atomic E-state index is 0.116. The SMILES string of the molecule is Cn1cc([C@@H](c2ccccc2)[C@@H](O)c2ccccc2)c2ccccc21. The molecular weight excluding hydrogens is 306 g/mol. The lowest BCUT2D eigenvalue weighted by atomic mass is 9.83. The number of aromatic nitrogens is 1. The fraction of sp³-hybridized carbons (Fsp3) is 0.130. The first-order valence-electron chi connectivity index (χ1n) is 8.57. The summed E-state index contributed by atoms with van der Waals surface area (Å²) in [7, 11) is 2.06. The van der Waals surface area contributed by atoms with E-state index in [-0.39, 0.29) is 5.92 Å². The van der Waals surface area contributed by atoms with Crippen LogP contribution in [0.1, 0.15) is 28.7 Å². The van der Waals surface area contributed by atoms with Crippen LogP contribution in [0.15, 0.2) is 91.1 Å². The minimum atomic E-state index is -0.602. The largest absolute Gasteiger partial charge is 0.387 e. The van der Waals surface area contributed by atoms with E-state index in [1.54, 1.807) is 0 Å². The van der Waals surface area contributed by atoms with Gasteiger partial charge in [0.25, 0.3) is 0 Å². The monoisotopic (exact) mass is 327 g/mol.